The maximum Gasteiger partial charge on any atom is 0.127 e. The lowest BCUT2D eigenvalue weighted by Crippen LogP contribution is -2.19. The van der Waals surface area contributed by atoms with Crippen molar-refractivity contribution in [3.05, 3.63) is 102 Å². The predicted octanol–water partition coefficient (Wildman–Crippen LogP) is 5.25. The molecule has 0 saturated carbocycles. The number of methoxy groups -OCH3 is 2. The van der Waals surface area contributed by atoms with Crippen molar-refractivity contribution in [1.82, 2.24) is 5.32 Å². The van der Waals surface area contributed by atoms with Crippen LogP contribution in [-0.4, -0.2) is 14.2 Å². The molecule has 27 heavy (non-hydrogen) atoms. The van der Waals surface area contributed by atoms with E-state index in [4.69, 9.17) is 9.47 Å². The molecule has 3 aromatic carbocycles. The van der Waals surface area contributed by atoms with E-state index in [0.29, 0.717) is 6.54 Å². The summed E-state index contributed by atoms with van der Waals surface area (Å²) in [6, 6.07) is 26.8. The van der Waals surface area contributed by atoms with E-state index in [-0.39, 0.29) is 6.04 Å². The summed E-state index contributed by atoms with van der Waals surface area (Å²) in [6.07, 6.45) is 4.34. The lowest BCUT2D eigenvalue weighted by molar-refractivity contribution is 0.389. The third kappa shape index (κ3) is 5.22. The fourth-order valence-electron chi connectivity index (χ4n) is 2.95. The van der Waals surface area contributed by atoms with Crippen LogP contribution >= 0.6 is 0 Å². The molecule has 0 bridgehead atoms. The molecule has 1 unspecified atom stereocenters. The third-order valence-corrected chi connectivity index (χ3v) is 4.45. The van der Waals surface area contributed by atoms with Crippen molar-refractivity contribution >= 4 is 6.08 Å². The second-order valence-electron chi connectivity index (χ2n) is 6.22. The molecule has 3 rings (SSSR count). The fraction of sp³-hybridized carbons (Fsp3) is 0.167. The molecule has 138 valence electrons. The second kappa shape index (κ2) is 9.60. The fourth-order valence-corrected chi connectivity index (χ4v) is 2.95. The molecular weight excluding hydrogens is 334 g/mol. The summed E-state index contributed by atoms with van der Waals surface area (Å²) in [7, 11) is 3.34. The molecule has 0 fully saturated rings. The number of hydrogen-bond donors (Lipinski definition) is 1. The molecule has 0 aromatic heterocycles. The van der Waals surface area contributed by atoms with Gasteiger partial charge in [0.25, 0.3) is 0 Å². The van der Waals surface area contributed by atoms with Crippen LogP contribution in [0.2, 0.25) is 0 Å². The number of hydrogen-bond acceptors (Lipinski definition) is 3. The highest BCUT2D eigenvalue weighted by Gasteiger charge is 2.10. The molecule has 1 N–H and O–H groups in total. The van der Waals surface area contributed by atoms with Crippen molar-refractivity contribution < 1.29 is 9.47 Å². The van der Waals surface area contributed by atoms with E-state index in [1.165, 1.54) is 11.1 Å². The van der Waals surface area contributed by atoms with Gasteiger partial charge in [-0.05, 0) is 17.2 Å². The summed E-state index contributed by atoms with van der Waals surface area (Å²) in [5, 5.41) is 3.63. The highest BCUT2D eigenvalue weighted by atomic mass is 16.5. The van der Waals surface area contributed by atoms with E-state index < -0.39 is 0 Å². The van der Waals surface area contributed by atoms with Gasteiger partial charge in [-0.15, -0.1) is 0 Å². The molecule has 3 aromatic rings. The monoisotopic (exact) mass is 359 g/mol. The van der Waals surface area contributed by atoms with Gasteiger partial charge in [0, 0.05) is 18.2 Å². The first kappa shape index (κ1) is 18.7. The van der Waals surface area contributed by atoms with E-state index >= 15 is 0 Å². The van der Waals surface area contributed by atoms with Gasteiger partial charge in [-0.1, -0.05) is 78.9 Å². The summed E-state index contributed by atoms with van der Waals surface area (Å²) in [5.74, 6) is 1.61. The van der Waals surface area contributed by atoms with Crippen molar-refractivity contribution in [1.29, 1.82) is 0 Å². The lowest BCUT2D eigenvalue weighted by atomic mass is 10.0. The summed E-state index contributed by atoms with van der Waals surface area (Å²) in [5.41, 5.74) is 3.49. The Balaban J connectivity index is 1.79. The minimum atomic E-state index is 0.0956. The van der Waals surface area contributed by atoms with Crippen molar-refractivity contribution in [3.63, 3.8) is 0 Å². The Morgan fingerprint density at radius 2 is 1.56 bits per heavy atom. The van der Waals surface area contributed by atoms with Gasteiger partial charge >= 0.3 is 0 Å². The highest BCUT2D eigenvalue weighted by Crippen LogP contribution is 2.25. The SMILES string of the molecule is COc1ccc(CNC(/C=C/c2ccccc2)c2ccccc2)c(OC)c1. The highest BCUT2D eigenvalue weighted by molar-refractivity contribution is 5.50. The first-order chi connectivity index (χ1) is 13.3. The summed E-state index contributed by atoms with van der Waals surface area (Å²) >= 11 is 0. The van der Waals surface area contributed by atoms with Gasteiger partial charge in [-0.25, -0.2) is 0 Å². The molecule has 0 amide bonds. The Morgan fingerprint density at radius 1 is 0.852 bits per heavy atom. The van der Waals surface area contributed by atoms with Crippen LogP contribution in [0.25, 0.3) is 6.08 Å². The van der Waals surface area contributed by atoms with Crippen molar-refractivity contribution in [2.24, 2.45) is 0 Å². The van der Waals surface area contributed by atoms with Crippen LogP contribution in [0.5, 0.6) is 11.5 Å². The summed E-state index contributed by atoms with van der Waals surface area (Å²) < 4.78 is 10.8. The van der Waals surface area contributed by atoms with Crippen LogP contribution in [0.1, 0.15) is 22.7 Å². The van der Waals surface area contributed by atoms with Crippen LogP contribution in [0, 0.1) is 0 Å². The molecule has 0 saturated heterocycles. The van der Waals surface area contributed by atoms with E-state index in [1.807, 2.05) is 42.5 Å². The lowest BCUT2D eigenvalue weighted by Gasteiger charge is -2.17. The zero-order valence-electron chi connectivity index (χ0n) is 15.8. The molecule has 3 nitrogen and oxygen atoms in total. The Kier molecular flexibility index (Phi) is 6.66. The molecule has 0 aliphatic carbocycles. The average Bonchev–Trinajstić information content (AvgIpc) is 2.75. The predicted molar refractivity (Wildman–Crippen MR) is 111 cm³/mol. The molecule has 3 heteroatoms. The quantitative estimate of drug-likeness (QED) is 0.596. The minimum Gasteiger partial charge on any atom is -0.497 e. The van der Waals surface area contributed by atoms with Gasteiger partial charge < -0.3 is 14.8 Å². The molecule has 0 radical (unpaired) electrons. The standard InChI is InChI=1S/C24H25NO2/c1-26-22-15-14-21(24(17-22)27-2)18-25-23(20-11-7-4-8-12-20)16-13-19-9-5-3-6-10-19/h3-17,23,25H,18H2,1-2H3/b16-13+. The normalized spacial score (nSPS) is 12.1. The average molecular weight is 359 g/mol. The Hall–Kier alpha value is -3.04. The Bertz CT molecular complexity index is 860. The Morgan fingerprint density at radius 3 is 2.22 bits per heavy atom. The van der Waals surface area contributed by atoms with Crippen LogP contribution in [-0.2, 0) is 6.54 Å². The first-order valence-electron chi connectivity index (χ1n) is 9.02. The van der Waals surface area contributed by atoms with Crippen LogP contribution < -0.4 is 14.8 Å². The Labute approximate surface area is 161 Å². The van der Waals surface area contributed by atoms with Gasteiger partial charge in [-0.2, -0.15) is 0 Å². The summed E-state index contributed by atoms with van der Waals surface area (Å²) in [6.45, 7) is 0.686. The van der Waals surface area contributed by atoms with Gasteiger partial charge in [0.05, 0.1) is 20.3 Å². The number of ether oxygens (including phenoxy) is 2. The van der Waals surface area contributed by atoms with E-state index in [0.717, 1.165) is 17.1 Å². The number of rotatable bonds is 8. The smallest absolute Gasteiger partial charge is 0.127 e. The first-order valence-corrected chi connectivity index (χ1v) is 9.02. The maximum atomic E-state index is 5.52. The summed E-state index contributed by atoms with van der Waals surface area (Å²) in [4.78, 5) is 0. The van der Waals surface area contributed by atoms with Crippen LogP contribution in [0.3, 0.4) is 0 Å². The maximum absolute atomic E-state index is 5.52. The van der Waals surface area contributed by atoms with E-state index in [9.17, 15) is 0 Å². The molecule has 0 aliphatic heterocycles. The van der Waals surface area contributed by atoms with Crippen molar-refractivity contribution in [2.45, 2.75) is 12.6 Å². The molecule has 0 aliphatic rings. The van der Waals surface area contributed by atoms with Crippen LogP contribution in [0.15, 0.2) is 84.9 Å². The topological polar surface area (TPSA) is 30.5 Å². The van der Waals surface area contributed by atoms with Gasteiger partial charge in [0.15, 0.2) is 0 Å². The second-order valence-corrected chi connectivity index (χ2v) is 6.22. The van der Waals surface area contributed by atoms with E-state index in [1.54, 1.807) is 14.2 Å². The molecule has 0 spiro atoms. The zero-order chi connectivity index (χ0) is 18.9. The molecule has 1 atom stereocenters. The number of benzene rings is 3. The van der Waals surface area contributed by atoms with Crippen LogP contribution in [0.4, 0.5) is 0 Å². The van der Waals surface area contributed by atoms with E-state index in [2.05, 4.69) is 53.9 Å². The molecular formula is C24H25NO2. The largest absolute Gasteiger partial charge is 0.497 e. The van der Waals surface area contributed by atoms with Gasteiger partial charge in [0.2, 0.25) is 0 Å². The van der Waals surface area contributed by atoms with Crippen molar-refractivity contribution in [3.8, 4) is 11.5 Å². The molecule has 0 heterocycles. The van der Waals surface area contributed by atoms with Gasteiger partial charge in [0.1, 0.15) is 11.5 Å². The zero-order valence-corrected chi connectivity index (χ0v) is 15.8. The van der Waals surface area contributed by atoms with Gasteiger partial charge in [-0.3, -0.25) is 0 Å². The number of nitrogens with one attached hydrogen (secondary N) is 1. The minimum absolute atomic E-state index is 0.0956. The van der Waals surface area contributed by atoms with Crippen molar-refractivity contribution in [2.75, 3.05) is 14.2 Å². The third-order valence-electron chi connectivity index (χ3n) is 4.45.